The minimum absolute atomic E-state index is 0.236. The Hall–Kier alpha value is -2.82. The first-order valence-electron chi connectivity index (χ1n) is 9.84. The molecule has 0 aliphatic heterocycles. The molecule has 0 bridgehead atoms. The van der Waals surface area contributed by atoms with Crippen molar-refractivity contribution in [3.05, 3.63) is 104 Å². The molecule has 3 nitrogen and oxygen atoms in total. The Kier molecular flexibility index (Phi) is 5.90. The van der Waals surface area contributed by atoms with Crippen molar-refractivity contribution in [3.8, 4) is 28.0 Å². The molecule has 0 unspecified atom stereocenters. The van der Waals surface area contributed by atoms with Crippen LogP contribution in [0.1, 0.15) is 11.1 Å². The van der Waals surface area contributed by atoms with Crippen LogP contribution in [-0.4, -0.2) is 12.2 Å². The molecule has 0 aromatic heterocycles. The van der Waals surface area contributed by atoms with Gasteiger partial charge in [0.2, 0.25) is 0 Å². The van der Waals surface area contributed by atoms with Crippen LogP contribution in [0.25, 0.3) is 22.3 Å². The van der Waals surface area contributed by atoms with E-state index in [-0.39, 0.29) is 20.1 Å². The first-order chi connectivity index (χ1) is 16.0. The summed E-state index contributed by atoms with van der Waals surface area (Å²) in [5.41, 5.74) is 6.82. The Balaban J connectivity index is 1.73. The molecule has 0 atom stereocenters. The average molecular weight is 513 g/mol. The SMILES string of the molecule is O=COc1cccc(-c2ccc3c(c2)C(=Nc2c(Cl)c(Cl)cc(Cl)c2Cl)c2ccccc2-3)c1. The first-order valence-corrected chi connectivity index (χ1v) is 11.4. The van der Waals surface area contributed by atoms with E-state index in [0.29, 0.717) is 23.6 Å². The molecule has 33 heavy (non-hydrogen) atoms. The van der Waals surface area contributed by atoms with E-state index in [0.717, 1.165) is 33.4 Å². The summed E-state index contributed by atoms with van der Waals surface area (Å²) in [7, 11) is 0. The maximum atomic E-state index is 10.7. The molecular formula is C26H13Cl4NO2. The fraction of sp³-hybridized carbons (Fsp3) is 0. The summed E-state index contributed by atoms with van der Waals surface area (Å²) in [6, 6.07) is 22.9. The molecule has 0 saturated carbocycles. The lowest BCUT2D eigenvalue weighted by Gasteiger charge is -2.10. The minimum atomic E-state index is 0.236. The quantitative estimate of drug-likeness (QED) is 0.178. The van der Waals surface area contributed by atoms with E-state index in [2.05, 4.69) is 0 Å². The van der Waals surface area contributed by atoms with Gasteiger partial charge in [-0.15, -0.1) is 0 Å². The van der Waals surface area contributed by atoms with E-state index in [1.54, 1.807) is 12.1 Å². The molecule has 4 aromatic rings. The fourth-order valence-electron chi connectivity index (χ4n) is 3.92. The maximum Gasteiger partial charge on any atom is 0.298 e. The summed E-state index contributed by atoms with van der Waals surface area (Å²) in [4.78, 5) is 15.6. The number of carbonyl (C=O) groups excluding carboxylic acids is 1. The largest absolute Gasteiger partial charge is 0.429 e. The van der Waals surface area contributed by atoms with Gasteiger partial charge in [-0.3, -0.25) is 4.79 Å². The zero-order chi connectivity index (χ0) is 23.1. The van der Waals surface area contributed by atoms with Gasteiger partial charge < -0.3 is 4.74 Å². The molecule has 5 rings (SSSR count). The Bertz CT molecular complexity index is 1440. The highest BCUT2D eigenvalue weighted by Gasteiger charge is 2.26. The van der Waals surface area contributed by atoms with Gasteiger partial charge in [-0.25, -0.2) is 4.99 Å². The lowest BCUT2D eigenvalue weighted by molar-refractivity contribution is -0.120. The van der Waals surface area contributed by atoms with Crippen molar-refractivity contribution in [2.75, 3.05) is 0 Å². The van der Waals surface area contributed by atoms with Gasteiger partial charge in [0.1, 0.15) is 11.4 Å². The molecular weight excluding hydrogens is 500 g/mol. The second kappa shape index (κ2) is 8.85. The second-order valence-electron chi connectivity index (χ2n) is 7.33. The zero-order valence-corrected chi connectivity index (χ0v) is 19.8. The molecule has 0 amide bonds. The fourth-order valence-corrected chi connectivity index (χ4v) is 4.80. The third-order valence-electron chi connectivity index (χ3n) is 5.41. The molecule has 7 heteroatoms. The van der Waals surface area contributed by atoms with Crippen LogP contribution in [-0.2, 0) is 4.79 Å². The predicted octanol–water partition coefficient (Wildman–Crippen LogP) is 8.65. The van der Waals surface area contributed by atoms with Crippen LogP contribution in [0.5, 0.6) is 5.75 Å². The van der Waals surface area contributed by atoms with Crippen molar-refractivity contribution in [1.82, 2.24) is 0 Å². The Morgan fingerprint density at radius 2 is 1.33 bits per heavy atom. The number of aliphatic imine (C=N–C) groups is 1. The zero-order valence-electron chi connectivity index (χ0n) is 16.8. The van der Waals surface area contributed by atoms with Gasteiger partial charge in [0.15, 0.2) is 0 Å². The minimum Gasteiger partial charge on any atom is -0.429 e. The molecule has 0 fully saturated rings. The Morgan fingerprint density at radius 3 is 2.06 bits per heavy atom. The van der Waals surface area contributed by atoms with Gasteiger partial charge in [0.25, 0.3) is 6.47 Å². The molecule has 1 aliphatic carbocycles. The van der Waals surface area contributed by atoms with Gasteiger partial charge in [0, 0.05) is 11.1 Å². The van der Waals surface area contributed by atoms with Crippen molar-refractivity contribution in [2.45, 2.75) is 0 Å². The van der Waals surface area contributed by atoms with Crippen LogP contribution >= 0.6 is 46.4 Å². The van der Waals surface area contributed by atoms with Crippen LogP contribution in [0.4, 0.5) is 5.69 Å². The van der Waals surface area contributed by atoms with Crippen molar-refractivity contribution in [1.29, 1.82) is 0 Å². The molecule has 1 aliphatic rings. The summed E-state index contributed by atoms with van der Waals surface area (Å²) in [6.45, 7) is 0.410. The third kappa shape index (κ3) is 3.92. The predicted molar refractivity (Wildman–Crippen MR) is 136 cm³/mol. The summed E-state index contributed by atoms with van der Waals surface area (Å²) in [5.74, 6) is 0.465. The number of hydrogen-bond donors (Lipinski definition) is 0. The van der Waals surface area contributed by atoms with Crippen LogP contribution in [0.3, 0.4) is 0 Å². The van der Waals surface area contributed by atoms with Gasteiger partial charge in [0.05, 0.1) is 25.8 Å². The van der Waals surface area contributed by atoms with Crippen LogP contribution in [0, 0.1) is 0 Å². The highest BCUT2D eigenvalue weighted by atomic mass is 35.5. The number of benzene rings is 4. The summed E-state index contributed by atoms with van der Waals surface area (Å²) >= 11 is 25.4. The standard InChI is InChI=1S/C26H13Cl4NO2/c27-21-12-22(28)24(30)26(23(21)29)31-25-19-7-2-1-6-17(19)18-9-8-15(11-20(18)25)14-4-3-5-16(10-14)33-13-32/h1-13H. The third-order valence-corrected chi connectivity index (χ3v) is 6.97. The normalized spacial score (nSPS) is 13.0. The number of halogens is 4. The topological polar surface area (TPSA) is 38.7 Å². The van der Waals surface area contributed by atoms with Crippen molar-refractivity contribution in [3.63, 3.8) is 0 Å². The number of rotatable bonds is 4. The lowest BCUT2D eigenvalue weighted by Crippen LogP contribution is -1.98. The number of nitrogens with zero attached hydrogens (tertiary/aromatic N) is 1. The Morgan fingerprint density at radius 1 is 0.667 bits per heavy atom. The number of fused-ring (bicyclic) bond motifs is 3. The van der Waals surface area contributed by atoms with Gasteiger partial charge in [-0.1, -0.05) is 94.9 Å². The van der Waals surface area contributed by atoms with Crippen molar-refractivity contribution in [2.24, 2.45) is 4.99 Å². The second-order valence-corrected chi connectivity index (χ2v) is 8.90. The van der Waals surface area contributed by atoms with Crippen LogP contribution in [0.2, 0.25) is 20.1 Å². The van der Waals surface area contributed by atoms with E-state index in [1.165, 1.54) is 6.07 Å². The number of hydrogen-bond acceptors (Lipinski definition) is 3. The smallest absolute Gasteiger partial charge is 0.298 e. The van der Waals surface area contributed by atoms with E-state index in [4.69, 9.17) is 56.1 Å². The lowest BCUT2D eigenvalue weighted by atomic mass is 9.98. The van der Waals surface area contributed by atoms with Gasteiger partial charge in [-0.05, 0) is 46.5 Å². The summed E-state index contributed by atoms with van der Waals surface area (Å²) in [5, 5.41) is 1.02. The number of ether oxygens (including phenoxy) is 1. The van der Waals surface area contributed by atoms with E-state index in [9.17, 15) is 4.79 Å². The highest BCUT2D eigenvalue weighted by Crippen LogP contribution is 2.46. The molecule has 0 radical (unpaired) electrons. The Labute approximate surface area is 210 Å². The summed E-state index contributed by atoms with van der Waals surface area (Å²) < 4.78 is 5.00. The molecule has 0 heterocycles. The monoisotopic (exact) mass is 511 g/mol. The van der Waals surface area contributed by atoms with Crippen LogP contribution < -0.4 is 4.74 Å². The molecule has 4 aromatic carbocycles. The van der Waals surface area contributed by atoms with Crippen molar-refractivity contribution >= 4 is 64.3 Å². The highest BCUT2D eigenvalue weighted by molar-refractivity contribution is 6.50. The first kappa shape index (κ1) is 22.0. The van der Waals surface area contributed by atoms with Gasteiger partial charge in [-0.2, -0.15) is 0 Å². The molecule has 0 saturated heterocycles. The average Bonchev–Trinajstić information content (AvgIpc) is 3.14. The van der Waals surface area contributed by atoms with E-state index >= 15 is 0 Å². The van der Waals surface area contributed by atoms with Crippen molar-refractivity contribution < 1.29 is 9.53 Å². The maximum absolute atomic E-state index is 10.7. The molecule has 0 N–H and O–H groups in total. The molecule has 162 valence electrons. The number of carbonyl (C=O) groups is 1. The van der Waals surface area contributed by atoms with E-state index < -0.39 is 0 Å². The van der Waals surface area contributed by atoms with Crippen LogP contribution in [0.15, 0.2) is 77.8 Å². The van der Waals surface area contributed by atoms with Gasteiger partial charge >= 0.3 is 0 Å². The summed E-state index contributed by atoms with van der Waals surface area (Å²) in [6.07, 6.45) is 0. The molecule has 0 spiro atoms. The van der Waals surface area contributed by atoms with E-state index in [1.807, 2.05) is 54.6 Å².